The number of hydrogen-bond acceptors (Lipinski definition) is 3. The fourth-order valence-corrected chi connectivity index (χ4v) is 2.90. The Bertz CT molecular complexity index is 427. The predicted molar refractivity (Wildman–Crippen MR) is 63.4 cm³/mol. The first-order valence-corrected chi connectivity index (χ1v) is 6.17. The minimum Gasteiger partial charge on any atom is -0.482 e. The van der Waals surface area contributed by atoms with E-state index in [1.54, 1.807) is 6.07 Å². The summed E-state index contributed by atoms with van der Waals surface area (Å²) in [5, 5.41) is 3.33. The van der Waals surface area contributed by atoms with Crippen LogP contribution in [0.3, 0.4) is 0 Å². The van der Waals surface area contributed by atoms with Crippen LogP contribution in [0.25, 0.3) is 0 Å². The second-order valence-electron chi connectivity index (χ2n) is 4.91. The van der Waals surface area contributed by atoms with Crippen molar-refractivity contribution in [3.8, 4) is 5.75 Å². The van der Waals surface area contributed by atoms with Gasteiger partial charge in [0.2, 0.25) is 0 Å². The summed E-state index contributed by atoms with van der Waals surface area (Å²) in [6.07, 6.45) is 2.74. The van der Waals surface area contributed by atoms with Crippen molar-refractivity contribution >= 4 is 0 Å². The summed E-state index contributed by atoms with van der Waals surface area (Å²) >= 11 is 0. The minimum atomic E-state index is -0.409. The summed E-state index contributed by atoms with van der Waals surface area (Å²) in [5.74, 6) is 0.0638. The van der Waals surface area contributed by atoms with E-state index in [0.29, 0.717) is 5.75 Å². The molecule has 2 heterocycles. The Balaban J connectivity index is 1.99. The quantitative estimate of drug-likeness (QED) is 0.721. The van der Waals surface area contributed by atoms with Gasteiger partial charge in [0.25, 0.3) is 0 Å². The molecule has 4 heteroatoms. The van der Waals surface area contributed by atoms with Gasteiger partial charge in [-0.25, -0.2) is 4.39 Å². The molecule has 2 atom stereocenters. The zero-order chi connectivity index (χ0) is 11.9. The SMILES string of the molecule is N[C@@H]1c2cccc(F)c2OC12CCCNCC2. The highest BCUT2D eigenvalue weighted by Gasteiger charge is 2.47. The zero-order valence-electron chi connectivity index (χ0n) is 9.71. The lowest BCUT2D eigenvalue weighted by atomic mass is 9.85. The van der Waals surface area contributed by atoms with Crippen molar-refractivity contribution in [3.63, 3.8) is 0 Å². The Labute approximate surface area is 100 Å². The molecule has 1 saturated heterocycles. The predicted octanol–water partition coefficient (Wildman–Crippen LogP) is 1.73. The first-order chi connectivity index (χ1) is 8.23. The molecule has 3 nitrogen and oxygen atoms in total. The molecular formula is C13H17FN2O. The molecule has 2 aliphatic rings. The molecule has 1 spiro atoms. The second kappa shape index (κ2) is 3.96. The Morgan fingerprint density at radius 2 is 2.24 bits per heavy atom. The van der Waals surface area contributed by atoms with E-state index in [1.807, 2.05) is 6.07 Å². The average molecular weight is 236 g/mol. The van der Waals surface area contributed by atoms with E-state index in [4.69, 9.17) is 10.5 Å². The molecule has 0 aromatic heterocycles. The van der Waals surface area contributed by atoms with Crippen molar-refractivity contribution in [3.05, 3.63) is 29.6 Å². The number of benzene rings is 1. The van der Waals surface area contributed by atoms with Crippen molar-refractivity contribution in [1.82, 2.24) is 5.32 Å². The number of halogens is 1. The summed E-state index contributed by atoms with van der Waals surface area (Å²) in [7, 11) is 0. The first kappa shape index (κ1) is 11.0. The van der Waals surface area contributed by atoms with Gasteiger partial charge in [-0.05, 0) is 32.0 Å². The molecule has 2 aliphatic heterocycles. The van der Waals surface area contributed by atoms with Gasteiger partial charge in [0.15, 0.2) is 11.6 Å². The van der Waals surface area contributed by atoms with Gasteiger partial charge >= 0.3 is 0 Å². The van der Waals surface area contributed by atoms with Crippen LogP contribution in [0.4, 0.5) is 4.39 Å². The van der Waals surface area contributed by atoms with Crippen LogP contribution in [0.5, 0.6) is 5.75 Å². The third kappa shape index (κ3) is 1.63. The minimum absolute atomic E-state index is 0.215. The summed E-state index contributed by atoms with van der Waals surface area (Å²) in [4.78, 5) is 0. The van der Waals surface area contributed by atoms with Gasteiger partial charge in [0.05, 0.1) is 6.04 Å². The number of rotatable bonds is 0. The van der Waals surface area contributed by atoms with E-state index < -0.39 is 5.60 Å². The normalized spacial score (nSPS) is 32.0. The second-order valence-corrected chi connectivity index (χ2v) is 4.91. The van der Waals surface area contributed by atoms with Gasteiger partial charge < -0.3 is 15.8 Å². The molecule has 3 rings (SSSR count). The zero-order valence-corrected chi connectivity index (χ0v) is 9.71. The third-order valence-corrected chi connectivity index (χ3v) is 3.88. The van der Waals surface area contributed by atoms with E-state index >= 15 is 0 Å². The highest BCUT2D eigenvalue weighted by Crippen LogP contribution is 2.47. The third-order valence-electron chi connectivity index (χ3n) is 3.88. The van der Waals surface area contributed by atoms with Crippen LogP contribution < -0.4 is 15.8 Å². The molecule has 92 valence electrons. The van der Waals surface area contributed by atoms with Crippen LogP contribution in [0, 0.1) is 5.82 Å². The van der Waals surface area contributed by atoms with Gasteiger partial charge in [-0.2, -0.15) is 0 Å². The molecule has 1 unspecified atom stereocenters. The first-order valence-electron chi connectivity index (χ1n) is 6.17. The standard InChI is InChI=1S/C13H17FN2O/c14-10-4-1-3-9-11(10)17-13(12(9)15)5-2-7-16-8-6-13/h1,3-4,12,16H,2,5-8,15H2/t12-,13?/m1/s1. The van der Waals surface area contributed by atoms with Gasteiger partial charge in [-0.3, -0.25) is 0 Å². The molecule has 0 bridgehead atoms. The van der Waals surface area contributed by atoms with Crippen LogP contribution in [0.1, 0.15) is 30.9 Å². The number of fused-ring (bicyclic) bond motifs is 1. The molecular weight excluding hydrogens is 219 g/mol. The van der Waals surface area contributed by atoms with E-state index in [-0.39, 0.29) is 11.9 Å². The largest absolute Gasteiger partial charge is 0.482 e. The van der Waals surface area contributed by atoms with E-state index in [0.717, 1.165) is 37.9 Å². The highest BCUT2D eigenvalue weighted by molar-refractivity contribution is 5.43. The maximum Gasteiger partial charge on any atom is 0.165 e. The van der Waals surface area contributed by atoms with Gasteiger partial charge in [0, 0.05) is 12.0 Å². The fraction of sp³-hybridized carbons (Fsp3) is 0.538. The Morgan fingerprint density at radius 1 is 1.35 bits per heavy atom. The van der Waals surface area contributed by atoms with Crippen molar-refractivity contribution in [2.75, 3.05) is 13.1 Å². The molecule has 1 fully saturated rings. The Hall–Kier alpha value is -1.13. The molecule has 1 aromatic rings. The maximum atomic E-state index is 13.7. The highest BCUT2D eigenvalue weighted by atomic mass is 19.1. The van der Waals surface area contributed by atoms with Gasteiger partial charge in [-0.15, -0.1) is 0 Å². The van der Waals surface area contributed by atoms with Gasteiger partial charge in [-0.1, -0.05) is 12.1 Å². The van der Waals surface area contributed by atoms with Crippen LogP contribution in [-0.2, 0) is 0 Å². The summed E-state index contributed by atoms with van der Waals surface area (Å²) in [6.45, 7) is 1.86. The van der Waals surface area contributed by atoms with Crippen molar-refractivity contribution in [2.45, 2.75) is 30.9 Å². The van der Waals surface area contributed by atoms with E-state index in [9.17, 15) is 4.39 Å². The van der Waals surface area contributed by atoms with Crippen LogP contribution in [0.15, 0.2) is 18.2 Å². The molecule has 0 saturated carbocycles. The Morgan fingerprint density at radius 3 is 3.06 bits per heavy atom. The summed E-state index contributed by atoms with van der Waals surface area (Å²) < 4.78 is 19.6. The van der Waals surface area contributed by atoms with Crippen molar-refractivity contribution in [1.29, 1.82) is 0 Å². The molecule has 1 aromatic carbocycles. The monoisotopic (exact) mass is 236 g/mol. The number of ether oxygens (including phenoxy) is 1. The number of nitrogens with one attached hydrogen (secondary N) is 1. The number of para-hydroxylation sites is 1. The van der Waals surface area contributed by atoms with Crippen molar-refractivity contribution < 1.29 is 9.13 Å². The van der Waals surface area contributed by atoms with Crippen LogP contribution >= 0.6 is 0 Å². The lowest BCUT2D eigenvalue weighted by Crippen LogP contribution is -2.42. The molecule has 0 aliphatic carbocycles. The van der Waals surface area contributed by atoms with Gasteiger partial charge in [0.1, 0.15) is 5.60 Å². The lowest BCUT2D eigenvalue weighted by molar-refractivity contribution is 0.0532. The van der Waals surface area contributed by atoms with E-state index in [2.05, 4.69) is 5.32 Å². The Kier molecular flexibility index (Phi) is 2.56. The maximum absolute atomic E-state index is 13.7. The molecule has 3 N–H and O–H groups in total. The van der Waals surface area contributed by atoms with E-state index in [1.165, 1.54) is 6.07 Å². The number of nitrogens with two attached hydrogens (primary N) is 1. The average Bonchev–Trinajstić information content (AvgIpc) is 2.52. The molecule has 0 radical (unpaired) electrons. The molecule has 0 amide bonds. The smallest absolute Gasteiger partial charge is 0.165 e. The number of hydrogen-bond donors (Lipinski definition) is 2. The van der Waals surface area contributed by atoms with Crippen molar-refractivity contribution in [2.24, 2.45) is 5.73 Å². The molecule has 17 heavy (non-hydrogen) atoms. The topological polar surface area (TPSA) is 47.3 Å². The summed E-state index contributed by atoms with van der Waals surface area (Å²) in [6, 6.07) is 4.79. The lowest BCUT2D eigenvalue weighted by Gasteiger charge is -2.31. The fourth-order valence-electron chi connectivity index (χ4n) is 2.90. The summed E-state index contributed by atoms with van der Waals surface area (Å²) in [5.41, 5.74) is 6.68. The van der Waals surface area contributed by atoms with Crippen LogP contribution in [0.2, 0.25) is 0 Å². The van der Waals surface area contributed by atoms with Crippen LogP contribution in [-0.4, -0.2) is 18.7 Å².